The molecule has 98 valence electrons. The Balaban J connectivity index is 2.81. The van der Waals surface area contributed by atoms with E-state index in [1.165, 1.54) is 11.0 Å². The lowest BCUT2D eigenvalue weighted by Crippen LogP contribution is -2.33. The van der Waals surface area contributed by atoms with Crippen molar-refractivity contribution in [2.75, 3.05) is 7.05 Å². The van der Waals surface area contributed by atoms with E-state index in [1.807, 2.05) is 0 Å². The molecule has 0 spiro atoms. The van der Waals surface area contributed by atoms with Crippen molar-refractivity contribution in [2.24, 2.45) is 10.9 Å². The average molecular weight is 253 g/mol. The number of hydrogen-bond donors (Lipinski definition) is 2. The van der Waals surface area contributed by atoms with Crippen LogP contribution in [0.5, 0.6) is 0 Å². The number of oxime groups is 1. The Morgan fingerprint density at radius 3 is 2.72 bits per heavy atom. The smallest absolute Gasteiger partial charge is 0.230 e. The van der Waals surface area contributed by atoms with Crippen molar-refractivity contribution >= 4 is 11.7 Å². The molecular formula is C12H16FN3O2. The summed E-state index contributed by atoms with van der Waals surface area (Å²) in [6, 6.07) is 5.83. The Morgan fingerprint density at radius 1 is 1.56 bits per heavy atom. The van der Waals surface area contributed by atoms with Crippen LogP contribution in [0.1, 0.15) is 24.9 Å². The molecule has 6 heteroatoms. The Hall–Kier alpha value is -2.11. The molecule has 3 N–H and O–H groups in total. The quantitative estimate of drug-likeness (QED) is 0.369. The SMILES string of the molecule is CC(c1ccccc1F)N(C)C(=O)C/C(N)=N/O. The maximum Gasteiger partial charge on any atom is 0.230 e. The Kier molecular flexibility index (Phi) is 4.65. The largest absolute Gasteiger partial charge is 0.409 e. The van der Waals surface area contributed by atoms with Crippen molar-refractivity contribution in [3.8, 4) is 0 Å². The van der Waals surface area contributed by atoms with Gasteiger partial charge in [0.25, 0.3) is 0 Å². The van der Waals surface area contributed by atoms with Crippen LogP contribution in [0.4, 0.5) is 4.39 Å². The summed E-state index contributed by atoms with van der Waals surface area (Å²) in [7, 11) is 1.55. The van der Waals surface area contributed by atoms with Gasteiger partial charge in [-0.15, -0.1) is 0 Å². The van der Waals surface area contributed by atoms with Gasteiger partial charge in [-0.2, -0.15) is 0 Å². The Labute approximate surface area is 105 Å². The molecule has 1 aromatic carbocycles. The van der Waals surface area contributed by atoms with Crippen LogP contribution in [0.25, 0.3) is 0 Å². The summed E-state index contributed by atoms with van der Waals surface area (Å²) in [5.41, 5.74) is 5.68. The van der Waals surface area contributed by atoms with Crippen LogP contribution >= 0.6 is 0 Å². The van der Waals surface area contributed by atoms with Gasteiger partial charge in [-0.05, 0) is 13.0 Å². The molecule has 1 amide bonds. The lowest BCUT2D eigenvalue weighted by molar-refractivity contribution is -0.130. The molecular weight excluding hydrogens is 237 g/mol. The van der Waals surface area contributed by atoms with Crippen molar-refractivity contribution in [1.29, 1.82) is 0 Å². The molecule has 0 saturated carbocycles. The highest BCUT2D eigenvalue weighted by Gasteiger charge is 2.20. The lowest BCUT2D eigenvalue weighted by atomic mass is 10.1. The zero-order valence-electron chi connectivity index (χ0n) is 10.3. The highest BCUT2D eigenvalue weighted by atomic mass is 19.1. The molecule has 1 atom stereocenters. The first-order chi connectivity index (χ1) is 8.47. The fourth-order valence-electron chi connectivity index (χ4n) is 1.55. The van der Waals surface area contributed by atoms with Crippen LogP contribution < -0.4 is 5.73 Å². The fourth-order valence-corrected chi connectivity index (χ4v) is 1.55. The summed E-state index contributed by atoms with van der Waals surface area (Å²) in [5, 5.41) is 11.1. The number of benzene rings is 1. The second kappa shape index (κ2) is 6.00. The monoisotopic (exact) mass is 253 g/mol. The fraction of sp³-hybridized carbons (Fsp3) is 0.333. The predicted molar refractivity (Wildman–Crippen MR) is 65.6 cm³/mol. The Morgan fingerprint density at radius 2 is 2.17 bits per heavy atom. The van der Waals surface area contributed by atoms with Crippen LogP contribution in [-0.4, -0.2) is 28.9 Å². The third-order valence-electron chi connectivity index (χ3n) is 2.79. The van der Waals surface area contributed by atoms with Gasteiger partial charge in [0, 0.05) is 12.6 Å². The topological polar surface area (TPSA) is 78.9 Å². The van der Waals surface area contributed by atoms with Gasteiger partial charge in [0.1, 0.15) is 11.7 Å². The third-order valence-corrected chi connectivity index (χ3v) is 2.79. The number of halogens is 1. The molecule has 0 heterocycles. The zero-order chi connectivity index (χ0) is 13.7. The molecule has 1 unspecified atom stereocenters. The molecule has 18 heavy (non-hydrogen) atoms. The van der Waals surface area contributed by atoms with Crippen molar-refractivity contribution in [3.05, 3.63) is 35.6 Å². The molecule has 0 aliphatic heterocycles. The van der Waals surface area contributed by atoms with Crippen molar-refractivity contribution < 1.29 is 14.4 Å². The molecule has 0 aliphatic rings. The van der Waals surface area contributed by atoms with E-state index in [-0.39, 0.29) is 24.0 Å². The highest BCUT2D eigenvalue weighted by Crippen LogP contribution is 2.21. The second-order valence-electron chi connectivity index (χ2n) is 3.97. The van der Waals surface area contributed by atoms with E-state index in [0.717, 1.165) is 0 Å². The number of hydrogen-bond acceptors (Lipinski definition) is 3. The number of nitrogens with two attached hydrogens (primary N) is 1. The minimum Gasteiger partial charge on any atom is -0.409 e. The summed E-state index contributed by atoms with van der Waals surface area (Å²) in [6.45, 7) is 1.71. The summed E-state index contributed by atoms with van der Waals surface area (Å²) < 4.78 is 13.6. The minimum atomic E-state index is -0.426. The molecule has 0 bridgehead atoms. The van der Waals surface area contributed by atoms with E-state index in [1.54, 1.807) is 32.2 Å². The van der Waals surface area contributed by atoms with Crippen molar-refractivity contribution in [3.63, 3.8) is 0 Å². The maximum atomic E-state index is 13.6. The van der Waals surface area contributed by atoms with E-state index in [4.69, 9.17) is 10.9 Å². The zero-order valence-corrected chi connectivity index (χ0v) is 10.3. The van der Waals surface area contributed by atoms with Crippen LogP contribution in [0.2, 0.25) is 0 Å². The first-order valence-electron chi connectivity index (χ1n) is 5.43. The highest BCUT2D eigenvalue weighted by molar-refractivity contribution is 5.98. The van der Waals surface area contributed by atoms with Gasteiger partial charge in [-0.1, -0.05) is 23.4 Å². The van der Waals surface area contributed by atoms with Crippen LogP contribution in [0, 0.1) is 5.82 Å². The van der Waals surface area contributed by atoms with Crippen LogP contribution in [-0.2, 0) is 4.79 Å². The number of rotatable bonds is 4. The standard InChI is InChI=1S/C12H16FN3O2/c1-8(9-5-3-4-6-10(9)13)16(2)12(17)7-11(14)15-18/h3-6,8,18H,7H2,1-2H3,(H2,14,15). The van der Waals surface area contributed by atoms with Crippen LogP contribution in [0.3, 0.4) is 0 Å². The van der Waals surface area contributed by atoms with Gasteiger partial charge >= 0.3 is 0 Å². The summed E-state index contributed by atoms with van der Waals surface area (Å²) in [6.07, 6.45) is -0.203. The van der Waals surface area contributed by atoms with Gasteiger partial charge in [-0.3, -0.25) is 4.79 Å². The summed E-state index contributed by atoms with van der Waals surface area (Å²) in [4.78, 5) is 13.1. The van der Waals surface area contributed by atoms with E-state index in [2.05, 4.69) is 5.16 Å². The molecule has 0 fully saturated rings. The number of amidine groups is 1. The first kappa shape index (κ1) is 14.0. The molecule has 0 saturated heterocycles. The summed E-state index contributed by atoms with van der Waals surface area (Å²) >= 11 is 0. The number of carbonyl (C=O) groups excluding carboxylic acids is 1. The Bertz CT molecular complexity index is 462. The van der Waals surface area contributed by atoms with E-state index < -0.39 is 6.04 Å². The van der Waals surface area contributed by atoms with Crippen molar-refractivity contribution in [1.82, 2.24) is 4.90 Å². The lowest BCUT2D eigenvalue weighted by Gasteiger charge is -2.25. The first-order valence-corrected chi connectivity index (χ1v) is 5.43. The van der Waals surface area contributed by atoms with Gasteiger partial charge in [0.2, 0.25) is 5.91 Å². The molecule has 0 aromatic heterocycles. The van der Waals surface area contributed by atoms with Gasteiger partial charge < -0.3 is 15.8 Å². The predicted octanol–water partition coefficient (Wildman–Crippen LogP) is 1.48. The van der Waals surface area contributed by atoms with E-state index in [0.29, 0.717) is 5.56 Å². The van der Waals surface area contributed by atoms with Gasteiger partial charge in [0.05, 0.1) is 12.5 Å². The van der Waals surface area contributed by atoms with E-state index >= 15 is 0 Å². The second-order valence-corrected chi connectivity index (χ2v) is 3.97. The number of amides is 1. The molecule has 1 rings (SSSR count). The maximum absolute atomic E-state index is 13.6. The van der Waals surface area contributed by atoms with E-state index in [9.17, 15) is 9.18 Å². The normalized spacial score (nSPS) is 13.2. The van der Waals surface area contributed by atoms with Gasteiger partial charge in [-0.25, -0.2) is 4.39 Å². The van der Waals surface area contributed by atoms with Crippen molar-refractivity contribution in [2.45, 2.75) is 19.4 Å². The minimum absolute atomic E-state index is 0.174. The third kappa shape index (κ3) is 3.19. The molecule has 1 aromatic rings. The number of nitrogens with zero attached hydrogens (tertiary/aromatic N) is 2. The van der Waals surface area contributed by atoms with Gasteiger partial charge in [0.15, 0.2) is 0 Å². The van der Waals surface area contributed by atoms with Crippen LogP contribution in [0.15, 0.2) is 29.4 Å². The molecule has 0 aliphatic carbocycles. The number of carbonyl (C=O) groups is 1. The summed E-state index contributed by atoms with van der Waals surface area (Å²) in [5.74, 6) is -0.887. The molecule has 0 radical (unpaired) electrons. The average Bonchev–Trinajstić information content (AvgIpc) is 2.37. The molecule has 5 nitrogen and oxygen atoms in total.